The van der Waals surface area contributed by atoms with Crippen molar-refractivity contribution in [3.8, 4) is 11.6 Å². The van der Waals surface area contributed by atoms with Crippen molar-refractivity contribution in [2.45, 2.75) is 13.3 Å². The summed E-state index contributed by atoms with van der Waals surface area (Å²) in [7, 11) is 0. The van der Waals surface area contributed by atoms with E-state index in [4.69, 9.17) is 9.84 Å². The third kappa shape index (κ3) is 3.79. The Labute approximate surface area is 119 Å². The number of hydrogen-bond acceptors (Lipinski definition) is 3. The highest BCUT2D eigenvalue weighted by atomic mass is 79.9. The van der Waals surface area contributed by atoms with E-state index < -0.39 is 5.97 Å². The fourth-order valence-corrected chi connectivity index (χ4v) is 2.09. The quantitative estimate of drug-likeness (QED) is 0.935. The van der Waals surface area contributed by atoms with Gasteiger partial charge in [0.2, 0.25) is 5.88 Å². The highest BCUT2D eigenvalue weighted by Gasteiger charge is 2.06. The first-order valence-corrected chi connectivity index (χ1v) is 6.44. The number of nitrogens with zero attached hydrogens (tertiary/aromatic N) is 1. The van der Waals surface area contributed by atoms with E-state index in [-0.39, 0.29) is 6.42 Å². The molecule has 1 aromatic heterocycles. The molecule has 98 valence electrons. The topological polar surface area (TPSA) is 59.4 Å². The molecule has 0 aliphatic rings. The standard InChI is InChI=1S/C14H12BrNO3/c1-9-5-11(15)8-16-14(9)19-12-4-2-3-10(6-12)7-13(17)18/h2-6,8H,7H2,1H3,(H,17,18). The molecule has 1 N–H and O–H groups in total. The fourth-order valence-electron chi connectivity index (χ4n) is 1.64. The highest BCUT2D eigenvalue weighted by molar-refractivity contribution is 9.10. The molecule has 0 amide bonds. The molecule has 0 bridgehead atoms. The van der Waals surface area contributed by atoms with Crippen molar-refractivity contribution in [3.63, 3.8) is 0 Å². The summed E-state index contributed by atoms with van der Waals surface area (Å²) in [5.74, 6) is 0.224. The molecule has 1 heterocycles. The highest BCUT2D eigenvalue weighted by Crippen LogP contribution is 2.25. The van der Waals surface area contributed by atoms with Gasteiger partial charge < -0.3 is 9.84 Å². The molecular weight excluding hydrogens is 310 g/mol. The van der Waals surface area contributed by atoms with Crippen LogP contribution in [0.4, 0.5) is 0 Å². The molecule has 0 radical (unpaired) electrons. The SMILES string of the molecule is Cc1cc(Br)cnc1Oc1cccc(CC(=O)O)c1. The van der Waals surface area contributed by atoms with Gasteiger partial charge in [-0.25, -0.2) is 4.98 Å². The first kappa shape index (κ1) is 13.5. The van der Waals surface area contributed by atoms with Crippen molar-refractivity contribution in [3.05, 3.63) is 52.1 Å². The fraction of sp³-hybridized carbons (Fsp3) is 0.143. The van der Waals surface area contributed by atoms with E-state index in [0.29, 0.717) is 17.2 Å². The Bertz CT molecular complexity index is 613. The van der Waals surface area contributed by atoms with E-state index in [0.717, 1.165) is 10.0 Å². The number of halogens is 1. The number of carbonyl (C=O) groups is 1. The Morgan fingerprint density at radius 2 is 2.21 bits per heavy atom. The molecule has 0 saturated carbocycles. The van der Waals surface area contributed by atoms with Gasteiger partial charge in [-0.3, -0.25) is 4.79 Å². The van der Waals surface area contributed by atoms with Gasteiger partial charge in [-0.1, -0.05) is 12.1 Å². The summed E-state index contributed by atoms with van der Waals surface area (Å²) in [5, 5.41) is 8.76. The second-order valence-corrected chi connectivity index (χ2v) is 5.01. The van der Waals surface area contributed by atoms with Crippen LogP contribution in [0.1, 0.15) is 11.1 Å². The van der Waals surface area contributed by atoms with Crippen LogP contribution in [-0.4, -0.2) is 16.1 Å². The smallest absolute Gasteiger partial charge is 0.307 e. The minimum absolute atomic E-state index is 0.0239. The van der Waals surface area contributed by atoms with Crippen LogP contribution in [0, 0.1) is 6.92 Å². The molecule has 0 aliphatic carbocycles. The van der Waals surface area contributed by atoms with Crippen LogP contribution in [0.2, 0.25) is 0 Å². The monoisotopic (exact) mass is 321 g/mol. The predicted octanol–water partition coefficient (Wildman–Crippen LogP) is 3.57. The number of aromatic nitrogens is 1. The van der Waals surface area contributed by atoms with Gasteiger partial charge >= 0.3 is 5.97 Å². The van der Waals surface area contributed by atoms with E-state index in [2.05, 4.69) is 20.9 Å². The van der Waals surface area contributed by atoms with Crippen molar-refractivity contribution in [2.75, 3.05) is 0 Å². The largest absolute Gasteiger partial charge is 0.481 e. The number of carboxylic acids is 1. The zero-order chi connectivity index (χ0) is 13.8. The number of hydrogen-bond donors (Lipinski definition) is 1. The van der Waals surface area contributed by atoms with Crippen LogP contribution >= 0.6 is 15.9 Å². The number of benzene rings is 1. The molecule has 0 fully saturated rings. The van der Waals surface area contributed by atoms with E-state index in [1.165, 1.54) is 0 Å². The lowest BCUT2D eigenvalue weighted by Crippen LogP contribution is -2.00. The van der Waals surface area contributed by atoms with Gasteiger partial charge in [0.25, 0.3) is 0 Å². The van der Waals surface area contributed by atoms with E-state index in [9.17, 15) is 4.79 Å². The zero-order valence-electron chi connectivity index (χ0n) is 10.3. The maximum absolute atomic E-state index is 10.7. The van der Waals surface area contributed by atoms with Crippen molar-refractivity contribution in [1.82, 2.24) is 4.98 Å². The van der Waals surface area contributed by atoms with Gasteiger partial charge in [0, 0.05) is 16.2 Å². The Morgan fingerprint density at radius 3 is 2.89 bits per heavy atom. The average Bonchev–Trinajstić information content (AvgIpc) is 2.32. The minimum Gasteiger partial charge on any atom is -0.481 e. The summed E-state index contributed by atoms with van der Waals surface area (Å²) in [5.41, 5.74) is 1.60. The molecule has 1 aromatic carbocycles. The molecule has 19 heavy (non-hydrogen) atoms. The second-order valence-electron chi connectivity index (χ2n) is 4.10. The van der Waals surface area contributed by atoms with Crippen molar-refractivity contribution in [2.24, 2.45) is 0 Å². The number of aryl methyl sites for hydroxylation is 1. The van der Waals surface area contributed by atoms with Gasteiger partial charge in [0.05, 0.1) is 6.42 Å². The van der Waals surface area contributed by atoms with Gasteiger partial charge in [-0.2, -0.15) is 0 Å². The second kappa shape index (κ2) is 5.84. The predicted molar refractivity (Wildman–Crippen MR) is 74.5 cm³/mol. The third-order valence-corrected chi connectivity index (χ3v) is 2.90. The first-order valence-electron chi connectivity index (χ1n) is 5.65. The molecule has 5 heteroatoms. The van der Waals surface area contributed by atoms with Crippen LogP contribution in [0.25, 0.3) is 0 Å². The van der Waals surface area contributed by atoms with E-state index >= 15 is 0 Å². The zero-order valence-corrected chi connectivity index (χ0v) is 11.8. The van der Waals surface area contributed by atoms with Crippen LogP contribution < -0.4 is 4.74 Å². The van der Waals surface area contributed by atoms with Crippen molar-refractivity contribution < 1.29 is 14.6 Å². The minimum atomic E-state index is -0.866. The lowest BCUT2D eigenvalue weighted by molar-refractivity contribution is -0.136. The number of rotatable bonds is 4. The van der Waals surface area contributed by atoms with Gasteiger partial charge in [0.15, 0.2) is 0 Å². The number of ether oxygens (including phenoxy) is 1. The Morgan fingerprint density at radius 1 is 1.42 bits per heavy atom. The maximum atomic E-state index is 10.7. The summed E-state index contributed by atoms with van der Waals surface area (Å²) in [6.07, 6.45) is 1.63. The molecule has 0 aliphatic heterocycles. The molecular formula is C14H12BrNO3. The summed E-state index contributed by atoms with van der Waals surface area (Å²) in [4.78, 5) is 14.8. The molecule has 2 aromatic rings. The van der Waals surface area contributed by atoms with Crippen LogP contribution in [0.3, 0.4) is 0 Å². The number of carboxylic acid groups (broad SMARTS) is 1. The Hall–Kier alpha value is -1.88. The number of aliphatic carboxylic acids is 1. The summed E-state index contributed by atoms with van der Waals surface area (Å²) in [6.45, 7) is 1.90. The summed E-state index contributed by atoms with van der Waals surface area (Å²) in [6, 6.07) is 8.90. The third-order valence-electron chi connectivity index (χ3n) is 2.47. The molecule has 0 unspecified atom stereocenters. The lowest BCUT2D eigenvalue weighted by Gasteiger charge is -2.08. The lowest BCUT2D eigenvalue weighted by atomic mass is 10.1. The van der Waals surface area contributed by atoms with Crippen LogP contribution in [0.15, 0.2) is 41.0 Å². The normalized spacial score (nSPS) is 10.2. The number of pyridine rings is 1. The summed E-state index contributed by atoms with van der Waals surface area (Å²) >= 11 is 3.34. The van der Waals surface area contributed by atoms with Gasteiger partial charge in [-0.15, -0.1) is 0 Å². The molecule has 0 saturated heterocycles. The first-order chi connectivity index (χ1) is 9.04. The molecule has 0 atom stereocenters. The Kier molecular flexibility index (Phi) is 4.16. The maximum Gasteiger partial charge on any atom is 0.307 e. The van der Waals surface area contributed by atoms with Crippen LogP contribution in [0.5, 0.6) is 11.6 Å². The van der Waals surface area contributed by atoms with Gasteiger partial charge in [0.1, 0.15) is 5.75 Å². The van der Waals surface area contributed by atoms with Crippen molar-refractivity contribution >= 4 is 21.9 Å². The summed E-state index contributed by atoms with van der Waals surface area (Å²) < 4.78 is 6.55. The van der Waals surface area contributed by atoms with E-state index in [1.807, 2.05) is 13.0 Å². The Balaban J connectivity index is 2.21. The molecule has 4 nitrogen and oxygen atoms in total. The average molecular weight is 322 g/mol. The van der Waals surface area contributed by atoms with Crippen LogP contribution in [-0.2, 0) is 11.2 Å². The molecule has 2 rings (SSSR count). The molecule has 0 spiro atoms. The van der Waals surface area contributed by atoms with Gasteiger partial charge in [-0.05, 0) is 46.6 Å². The van der Waals surface area contributed by atoms with Crippen molar-refractivity contribution in [1.29, 1.82) is 0 Å². The van der Waals surface area contributed by atoms with E-state index in [1.54, 1.807) is 30.5 Å².